The normalized spacial score (nSPS) is 11.8. The average molecular weight is 657 g/mol. The lowest BCUT2D eigenvalue weighted by Gasteiger charge is -2.18. The Kier molecular flexibility index (Phi) is 6.35. The van der Waals surface area contributed by atoms with Gasteiger partial charge in [-0.2, -0.15) is 0 Å². The van der Waals surface area contributed by atoms with Gasteiger partial charge < -0.3 is 0 Å². The van der Waals surface area contributed by atoms with Crippen LogP contribution in [0.3, 0.4) is 0 Å². The van der Waals surface area contributed by atoms with Gasteiger partial charge in [-0.15, -0.1) is 0 Å². The molecule has 0 heteroatoms. The molecule has 0 aliphatic carbocycles. The molecule has 0 nitrogen and oxygen atoms in total. The summed E-state index contributed by atoms with van der Waals surface area (Å²) < 4.78 is 0. The van der Waals surface area contributed by atoms with Crippen molar-refractivity contribution in [1.82, 2.24) is 0 Å². The minimum Gasteiger partial charge on any atom is -0.0616 e. The molecule has 0 N–H and O–H groups in total. The maximum absolute atomic E-state index is 2.45. The molecule has 0 aliphatic heterocycles. The van der Waals surface area contributed by atoms with Gasteiger partial charge in [-0.1, -0.05) is 170 Å². The number of rotatable bonds is 3. The molecule has 0 heterocycles. The van der Waals surface area contributed by atoms with Gasteiger partial charge in [0.2, 0.25) is 0 Å². The van der Waals surface area contributed by atoms with Crippen LogP contribution in [0.2, 0.25) is 0 Å². The Hall–Kier alpha value is -6.76. The van der Waals surface area contributed by atoms with Crippen LogP contribution in [0, 0.1) is 0 Å². The molecule has 52 heavy (non-hydrogen) atoms. The molecular formula is C52H32. The molecule has 0 fully saturated rings. The second-order valence-electron chi connectivity index (χ2n) is 14.0. The first-order valence-electron chi connectivity index (χ1n) is 18.1. The summed E-state index contributed by atoms with van der Waals surface area (Å²) in [5, 5.41) is 17.9. The molecule has 0 spiro atoms. The third-order valence-electron chi connectivity index (χ3n) is 11.2. The monoisotopic (exact) mass is 656 g/mol. The molecule has 11 rings (SSSR count). The Morgan fingerprint density at radius 3 is 0.885 bits per heavy atom. The van der Waals surface area contributed by atoms with Crippen molar-refractivity contribution >= 4 is 75.4 Å². The van der Waals surface area contributed by atoms with Crippen molar-refractivity contribution in [3.63, 3.8) is 0 Å². The van der Waals surface area contributed by atoms with Gasteiger partial charge in [0.25, 0.3) is 0 Å². The molecule has 0 bridgehead atoms. The number of hydrogen-bond acceptors (Lipinski definition) is 0. The SMILES string of the molecule is c1ccc2c(c1)cc(-c1ccc(-c3cc4c5ccccc5c(-c5cc6ccccc6c6ccccc56)cc4c4ccccc34)cc1)c1ccccc12. The zero-order chi connectivity index (χ0) is 34.2. The van der Waals surface area contributed by atoms with E-state index in [0.29, 0.717) is 0 Å². The van der Waals surface area contributed by atoms with E-state index in [0.717, 1.165) is 0 Å². The molecule has 0 unspecified atom stereocenters. The van der Waals surface area contributed by atoms with Crippen LogP contribution in [0.5, 0.6) is 0 Å². The topological polar surface area (TPSA) is 0 Å². The first-order chi connectivity index (χ1) is 25.8. The predicted octanol–water partition coefficient (Wildman–Crippen LogP) is 14.8. The van der Waals surface area contributed by atoms with Gasteiger partial charge in [-0.25, -0.2) is 0 Å². The Morgan fingerprint density at radius 2 is 0.442 bits per heavy atom. The first kappa shape index (κ1) is 29.0. The van der Waals surface area contributed by atoms with Gasteiger partial charge in [-0.3, -0.25) is 0 Å². The van der Waals surface area contributed by atoms with Crippen molar-refractivity contribution in [1.29, 1.82) is 0 Å². The molecule has 11 aromatic carbocycles. The molecule has 11 aromatic rings. The summed E-state index contributed by atoms with van der Waals surface area (Å²) in [6.45, 7) is 0. The van der Waals surface area contributed by atoms with E-state index in [1.54, 1.807) is 0 Å². The Morgan fingerprint density at radius 1 is 0.173 bits per heavy atom. The number of fused-ring (bicyclic) bond motifs is 11. The van der Waals surface area contributed by atoms with E-state index in [1.165, 1.54) is 109 Å². The van der Waals surface area contributed by atoms with E-state index >= 15 is 0 Å². The van der Waals surface area contributed by atoms with Crippen LogP contribution >= 0.6 is 0 Å². The molecule has 0 aromatic heterocycles. The van der Waals surface area contributed by atoms with Crippen LogP contribution in [-0.4, -0.2) is 0 Å². The van der Waals surface area contributed by atoms with Crippen molar-refractivity contribution in [2.24, 2.45) is 0 Å². The molecule has 0 radical (unpaired) electrons. The van der Waals surface area contributed by atoms with Crippen molar-refractivity contribution in [2.45, 2.75) is 0 Å². The lowest BCUT2D eigenvalue weighted by molar-refractivity contribution is 1.64. The van der Waals surface area contributed by atoms with E-state index in [1.807, 2.05) is 0 Å². The van der Waals surface area contributed by atoms with Gasteiger partial charge in [0, 0.05) is 0 Å². The quantitative estimate of drug-likeness (QED) is 0.166. The maximum Gasteiger partial charge on any atom is -0.00923 e. The van der Waals surface area contributed by atoms with E-state index in [9.17, 15) is 0 Å². The van der Waals surface area contributed by atoms with Crippen LogP contribution in [0.1, 0.15) is 0 Å². The van der Waals surface area contributed by atoms with E-state index in [2.05, 4.69) is 194 Å². The van der Waals surface area contributed by atoms with Gasteiger partial charge in [0.1, 0.15) is 0 Å². The summed E-state index contributed by atoms with van der Waals surface area (Å²) >= 11 is 0. The zero-order valence-corrected chi connectivity index (χ0v) is 28.5. The second-order valence-corrected chi connectivity index (χ2v) is 14.0. The lowest BCUT2D eigenvalue weighted by Crippen LogP contribution is -1.90. The fraction of sp³-hybridized carbons (Fsp3) is 0. The molecule has 0 saturated heterocycles. The summed E-state index contributed by atoms with van der Waals surface area (Å²) in [4.78, 5) is 0. The predicted molar refractivity (Wildman–Crippen MR) is 225 cm³/mol. The molecule has 240 valence electrons. The highest BCUT2D eigenvalue weighted by Crippen LogP contribution is 2.45. The fourth-order valence-electron chi connectivity index (χ4n) is 8.81. The van der Waals surface area contributed by atoms with E-state index < -0.39 is 0 Å². The molecule has 0 amide bonds. The lowest BCUT2D eigenvalue weighted by atomic mass is 9.85. The second kappa shape index (κ2) is 11.4. The summed E-state index contributed by atoms with van der Waals surface area (Å²) in [7, 11) is 0. The fourth-order valence-corrected chi connectivity index (χ4v) is 8.81. The van der Waals surface area contributed by atoms with Gasteiger partial charge in [0.15, 0.2) is 0 Å². The minimum absolute atomic E-state index is 1.22. The van der Waals surface area contributed by atoms with Gasteiger partial charge in [0.05, 0.1) is 0 Å². The third-order valence-corrected chi connectivity index (χ3v) is 11.2. The summed E-state index contributed by atoms with van der Waals surface area (Å²) in [6.07, 6.45) is 0. The molecular weight excluding hydrogens is 625 g/mol. The largest absolute Gasteiger partial charge is 0.0616 e. The van der Waals surface area contributed by atoms with Crippen LogP contribution in [0.25, 0.3) is 109 Å². The number of hydrogen-bond donors (Lipinski definition) is 0. The Balaban J connectivity index is 1.14. The Bertz CT molecular complexity index is 3220. The summed E-state index contributed by atoms with van der Waals surface area (Å²) in [5.41, 5.74) is 7.53. The van der Waals surface area contributed by atoms with Crippen molar-refractivity contribution < 1.29 is 0 Å². The number of benzene rings is 11. The highest BCUT2D eigenvalue weighted by atomic mass is 14.2. The molecule has 0 aliphatic rings. The summed E-state index contributed by atoms with van der Waals surface area (Å²) in [6, 6.07) is 71.9. The average Bonchev–Trinajstić information content (AvgIpc) is 3.22. The van der Waals surface area contributed by atoms with Gasteiger partial charge >= 0.3 is 0 Å². The van der Waals surface area contributed by atoms with Crippen molar-refractivity contribution in [3.8, 4) is 33.4 Å². The van der Waals surface area contributed by atoms with Gasteiger partial charge in [-0.05, 0) is 133 Å². The third kappa shape index (κ3) is 4.35. The smallest absolute Gasteiger partial charge is 0.00923 e. The molecule has 0 atom stereocenters. The van der Waals surface area contributed by atoms with Crippen molar-refractivity contribution in [2.75, 3.05) is 0 Å². The standard InChI is InChI=1S/C52H32/c1-3-15-37-35(13-1)29-47(41-19-7-5-17-39(37)41)33-25-27-34(28-26-33)48-31-50-45-23-11-12-24-46(45)51(32-52(50)44-22-10-8-20-42(44)48)49-30-36-14-2-4-16-38(36)40-18-6-9-21-43(40)49/h1-32H. The highest BCUT2D eigenvalue weighted by Gasteiger charge is 2.17. The van der Waals surface area contributed by atoms with Crippen LogP contribution < -0.4 is 0 Å². The van der Waals surface area contributed by atoms with Crippen LogP contribution in [-0.2, 0) is 0 Å². The molecule has 0 saturated carbocycles. The first-order valence-corrected chi connectivity index (χ1v) is 18.1. The maximum atomic E-state index is 2.45. The van der Waals surface area contributed by atoms with E-state index in [4.69, 9.17) is 0 Å². The van der Waals surface area contributed by atoms with E-state index in [-0.39, 0.29) is 0 Å². The minimum atomic E-state index is 1.22. The highest BCUT2D eigenvalue weighted by molar-refractivity contribution is 6.26. The Labute approximate surface area is 301 Å². The summed E-state index contributed by atoms with van der Waals surface area (Å²) in [5.74, 6) is 0. The van der Waals surface area contributed by atoms with Crippen molar-refractivity contribution in [3.05, 3.63) is 194 Å². The van der Waals surface area contributed by atoms with Crippen LogP contribution in [0.4, 0.5) is 0 Å². The zero-order valence-electron chi connectivity index (χ0n) is 28.5. The van der Waals surface area contributed by atoms with Crippen LogP contribution in [0.15, 0.2) is 194 Å².